The van der Waals surface area contributed by atoms with Gasteiger partial charge in [0.25, 0.3) is 5.91 Å². The summed E-state index contributed by atoms with van der Waals surface area (Å²) >= 11 is 6.28. The molecule has 0 spiro atoms. The Kier molecular flexibility index (Phi) is 4.68. The molecule has 6 nitrogen and oxygen atoms in total. The Hall–Kier alpha value is -3.35. The molecule has 0 aromatic heterocycles. The van der Waals surface area contributed by atoms with E-state index in [-0.39, 0.29) is 25.5 Å². The number of carbonyl (C=O) groups is 2. The summed E-state index contributed by atoms with van der Waals surface area (Å²) < 4.78 is 10.6. The summed E-state index contributed by atoms with van der Waals surface area (Å²) in [4.78, 5) is 27.9. The fraction of sp³-hybridized carbons (Fsp3) is 0.167. The van der Waals surface area contributed by atoms with Gasteiger partial charge in [-0.25, -0.2) is 0 Å². The molecule has 1 N–H and O–H groups in total. The van der Waals surface area contributed by atoms with Gasteiger partial charge in [0.15, 0.2) is 22.9 Å². The molecule has 2 aliphatic rings. The van der Waals surface area contributed by atoms with Gasteiger partial charge in [0.05, 0.1) is 18.7 Å². The van der Waals surface area contributed by atoms with E-state index in [0.717, 1.165) is 5.56 Å². The van der Waals surface area contributed by atoms with E-state index in [1.54, 1.807) is 48.5 Å². The predicted molar refractivity (Wildman–Crippen MR) is 114 cm³/mol. The molecule has 0 saturated heterocycles. The largest absolute Gasteiger partial charge is 0.454 e. The molecule has 2 aliphatic heterocycles. The van der Waals surface area contributed by atoms with Crippen molar-refractivity contribution in [1.82, 2.24) is 0 Å². The molecule has 3 aromatic carbocycles. The first-order valence-corrected chi connectivity index (χ1v) is 10.2. The van der Waals surface area contributed by atoms with Crippen LogP contribution in [0.15, 0.2) is 66.7 Å². The van der Waals surface area contributed by atoms with Crippen molar-refractivity contribution >= 4 is 29.0 Å². The molecular weight excluding hydrogens is 418 g/mol. The number of nitrogens with zero attached hydrogens (tertiary/aromatic N) is 1. The monoisotopic (exact) mass is 435 g/mol. The number of ketones is 1. The first kappa shape index (κ1) is 19.6. The van der Waals surface area contributed by atoms with E-state index in [1.807, 2.05) is 18.2 Å². The molecule has 2 heterocycles. The average molecular weight is 436 g/mol. The number of para-hydroxylation sites is 1. The van der Waals surface area contributed by atoms with Gasteiger partial charge in [-0.05, 0) is 35.9 Å². The summed E-state index contributed by atoms with van der Waals surface area (Å²) in [5.41, 5.74) is 0.0893. The van der Waals surface area contributed by atoms with Crippen molar-refractivity contribution in [2.24, 2.45) is 0 Å². The summed E-state index contributed by atoms with van der Waals surface area (Å²) in [6.07, 6.45) is -0.387. The number of amides is 1. The summed E-state index contributed by atoms with van der Waals surface area (Å²) in [5, 5.41) is 12.0. The van der Waals surface area contributed by atoms with Gasteiger partial charge in [-0.1, -0.05) is 48.0 Å². The third-order valence-electron chi connectivity index (χ3n) is 5.64. The summed E-state index contributed by atoms with van der Waals surface area (Å²) in [6, 6.07) is 19.0. The number of hydrogen-bond acceptors (Lipinski definition) is 5. The van der Waals surface area contributed by atoms with Crippen molar-refractivity contribution in [2.45, 2.75) is 18.6 Å². The van der Waals surface area contributed by atoms with Crippen molar-refractivity contribution < 1.29 is 24.2 Å². The first-order chi connectivity index (χ1) is 15.0. The van der Waals surface area contributed by atoms with E-state index >= 15 is 0 Å². The molecule has 31 heavy (non-hydrogen) atoms. The van der Waals surface area contributed by atoms with Crippen LogP contribution in [-0.4, -0.2) is 23.6 Å². The molecule has 7 heteroatoms. The van der Waals surface area contributed by atoms with Gasteiger partial charge in [-0.2, -0.15) is 0 Å². The van der Waals surface area contributed by atoms with Crippen LogP contribution in [0.3, 0.4) is 0 Å². The molecule has 0 aliphatic carbocycles. The normalized spacial score (nSPS) is 18.9. The van der Waals surface area contributed by atoms with Gasteiger partial charge in [-0.3, -0.25) is 9.59 Å². The fourth-order valence-corrected chi connectivity index (χ4v) is 4.23. The maximum atomic E-state index is 13.4. The van der Waals surface area contributed by atoms with Crippen LogP contribution < -0.4 is 14.4 Å². The first-order valence-electron chi connectivity index (χ1n) is 9.77. The van der Waals surface area contributed by atoms with Gasteiger partial charge in [0.1, 0.15) is 0 Å². The Labute approximate surface area is 183 Å². The van der Waals surface area contributed by atoms with E-state index in [2.05, 4.69) is 0 Å². The van der Waals surface area contributed by atoms with Crippen LogP contribution in [0.25, 0.3) is 0 Å². The number of fused-ring (bicyclic) bond motifs is 2. The maximum Gasteiger partial charge on any atom is 0.264 e. The molecule has 3 aromatic rings. The van der Waals surface area contributed by atoms with Crippen molar-refractivity contribution in [3.8, 4) is 11.5 Å². The average Bonchev–Trinajstić information content (AvgIpc) is 3.32. The number of benzene rings is 3. The molecule has 0 saturated carbocycles. The number of carbonyl (C=O) groups excluding carboxylic acids is 2. The van der Waals surface area contributed by atoms with Crippen molar-refractivity contribution in [1.29, 1.82) is 0 Å². The summed E-state index contributed by atoms with van der Waals surface area (Å²) in [6.45, 7) is 0.288. The zero-order chi connectivity index (χ0) is 21.6. The molecule has 5 rings (SSSR count). The van der Waals surface area contributed by atoms with E-state index in [1.165, 1.54) is 4.90 Å². The highest BCUT2D eigenvalue weighted by Gasteiger charge is 2.50. The highest BCUT2D eigenvalue weighted by molar-refractivity contribution is 6.31. The van der Waals surface area contributed by atoms with Crippen LogP contribution in [0.1, 0.15) is 27.9 Å². The lowest BCUT2D eigenvalue weighted by molar-refractivity contribution is -0.136. The van der Waals surface area contributed by atoms with Crippen LogP contribution in [0.5, 0.6) is 11.5 Å². The van der Waals surface area contributed by atoms with E-state index in [0.29, 0.717) is 33.3 Å². The van der Waals surface area contributed by atoms with Crippen LogP contribution in [-0.2, 0) is 16.9 Å². The molecule has 0 radical (unpaired) electrons. The highest BCUT2D eigenvalue weighted by Crippen LogP contribution is 2.44. The van der Waals surface area contributed by atoms with Gasteiger partial charge in [0.2, 0.25) is 6.79 Å². The number of halogens is 1. The Bertz CT molecular complexity index is 1210. The molecule has 0 fully saturated rings. The van der Waals surface area contributed by atoms with Gasteiger partial charge in [0, 0.05) is 16.1 Å². The highest BCUT2D eigenvalue weighted by atomic mass is 35.5. The van der Waals surface area contributed by atoms with Crippen LogP contribution in [0.2, 0.25) is 5.02 Å². The standard InChI is InChI=1S/C24H18ClNO5/c25-18-7-3-1-5-16(18)13-26-19-8-4-2-6-17(19)24(29,23(26)28)12-20(27)15-9-10-21-22(11-15)31-14-30-21/h1-11,29H,12-14H2/t24-/m1/s1. The van der Waals surface area contributed by atoms with E-state index < -0.39 is 11.5 Å². The minimum Gasteiger partial charge on any atom is -0.454 e. The molecule has 156 valence electrons. The number of anilines is 1. The number of Topliss-reactive ketones (excluding diaryl/α,β-unsaturated/α-hetero) is 1. The lowest BCUT2D eigenvalue weighted by Gasteiger charge is -2.23. The van der Waals surface area contributed by atoms with Crippen LogP contribution >= 0.6 is 11.6 Å². The number of rotatable bonds is 5. The second kappa shape index (κ2) is 7.41. The predicted octanol–water partition coefficient (Wildman–Crippen LogP) is 4.08. The Morgan fingerprint density at radius 1 is 1.03 bits per heavy atom. The molecule has 1 atom stereocenters. The maximum absolute atomic E-state index is 13.4. The minimum absolute atomic E-state index is 0.0970. The van der Waals surface area contributed by atoms with Crippen molar-refractivity contribution in [3.63, 3.8) is 0 Å². The summed E-state index contributed by atoms with van der Waals surface area (Å²) in [5.74, 6) is 0.103. The zero-order valence-corrected chi connectivity index (χ0v) is 17.1. The number of aliphatic hydroxyl groups is 1. The summed E-state index contributed by atoms with van der Waals surface area (Å²) in [7, 11) is 0. The fourth-order valence-electron chi connectivity index (χ4n) is 4.04. The Morgan fingerprint density at radius 3 is 2.61 bits per heavy atom. The number of ether oxygens (including phenoxy) is 2. The topological polar surface area (TPSA) is 76.1 Å². The third kappa shape index (κ3) is 3.24. The van der Waals surface area contributed by atoms with E-state index in [9.17, 15) is 14.7 Å². The SMILES string of the molecule is O=C(C[C@]1(O)C(=O)N(Cc2ccccc2Cl)c2ccccc21)c1ccc2c(c1)OCO2. The minimum atomic E-state index is -1.97. The lowest BCUT2D eigenvalue weighted by atomic mass is 9.88. The Morgan fingerprint density at radius 2 is 1.77 bits per heavy atom. The van der Waals surface area contributed by atoms with Crippen LogP contribution in [0.4, 0.5) is 5.69 Å². The van der Waals surface area contributed by atoms with Crippen LogP contribution in [0, 0.1) is 0 Å². The van der Waals surface area contributed by atoms with Gasteiger partial charge < -0.3 is 19.5 Å². The molecule has 0 unspecified atom stereocenters. The zero-order valence-electron chi connectivity index (χ0n) is 16.4. The van der Waals surface area contributed by atoms with E-state index in [4.69, 9.17) is 21.1 Å². The lowest BCUT2D eigenvalue weighted by Crippen LogP contribution is -2.41. The molecular formula is C24H18ClNO5. The van der Waals surface area contributed by atoms with Crippen molar-refractivity contribution in [3.05, 3.63) is 88.4 Å². The number of hydrogen-bond donors (Lipinski definition) is 1. The second-order valence-electron chi connectivity index (χ2n) is 7.53. The molecule has 0 bridgehead atoms. The second-order valence-corrected chi connectivity index (χ2v) is 7.94. The van der Waals surface area contributed by atoms with Crippen molar-refractivity contribution in [2.75, 3.05) is 11.7 Å². The smallest absolute Gasteiger partial charge is 0.264 e. The van der Waals surface area contributed by atoms with Gasteiger partial charge in [-0.15, -0.1) is 0 Å². The van der Waals surface area contributed by atoms with Gasteiger partial charge >= 0.3 is 0 Å². The third-order valence-corrected chi connectivity index (χ3v) is 6.01. The quantitative estimate of drug-likeness (QED) is 0.611. The Balaban J connectivity index is 1.47. The molecule has 1 amide bonds.